The van der Waals surface area contributed by atoms with E-state index in [4.69, 9.17) is 5.11 Å². The quantitative estimate of drug-likeness (QED) is 0.911. The number of carboxylic acid groups (broad SMARTS) is 1. The molecule has 3 nitrogen and oxygen atoms in total. The average Bonchev–Trinajstić information content (AvgIpc) is 2.95. The van der Waals surface area contributed by atoms with Crippen LogP contribution < -0.4 is 0 Å². The van der Waals surface area contributed by atoms with Gasteiger partial charge in [0, 0.05) is 19.0 Å². The minimum absolute atomic E-state index is 0.0960. The van der Waals surface area contributed by atoms with E-state index in [1.807, 2.05) is 6.07 Å². The Balaban J connectivity index is 1.73. The van der Waals surface area contributed by atoms with Crippen LogP contribution in [0.1, 0.15) is 36.4 Å². The zero-order valence-electron chi connectivity index (χ0n) is 10.8. The zero-order chi connectivity index (χ0) is 13.4. The maximum Gasteiger partial charge on any atom is 0.303 e. The molecular weight excluding hydrogens is 245 g/mol. The molecule has 19 heavy (non-hydrogen) atoms. The van der Waals surface area contributed by atoms with Gasteiger partial charge in [0.15, 0.2) is 0 Å². The first-order valence-electron chi connectivity index (χ1n) is 6.88. The summed E-state index contributed by atoms with van der Waals surface area (Å²) >= 11 is 0. The van der Waals surface area contributed by atoms with Crippen LogP contribution in [0, 0.1) is 11.7 Å². The number of rotatable bonds is 3. The monoisotopic (exact) mass is 263 g/mol. The Morgan fingerprint density at radius 1 is 1.42 bits per heavy atom. The molecule has 1 fully saturated rings. The molecular formula is C15H18FNO2. The van der Waals surface area contributed by atoms with Gasteiger partial charge in [-0.1, -0.05) is 12.1 Å². The van der Waals surface area contributed by atoms with Crippen molar-refractivity contribution in [1.82, 2.24) is 4.90 Å². The topological polar surface area (TPSA) is 40.5 Å². The lowest BCUT2D eigenvalue weighted by Gasteiger charge is -2.24. The second-order valence-electron chi connectivity index (χ2n) is 5.61. The van der Waals surface area contributed by atoms with Gasteiger partial charge in [0.2, 0.25) is 0 Å². The summed E-state index contributed by atoms with van der Waals surface area (Å²) in [6.45, 7) is 1.76. The molecule has 1 aromatic carbocycles. The Morgan fingerprint density at radius 3 is 3.05 bits per heavy atom. The summed E-state index contributed by atoms with van der Waals surface area (Å²) in [5, 5.41) is 8.85. The van der Waals surface area contributed by atoms with Gasteiger partial charge in [0.05, 0.1) is 0 Å². The molecule has 1 heterocycles. The van der Waals surface area contributed by atoms with Crippen molar-refractivity contribution >= 4 is 5.97 Å². The summed E-state index contributed by atoms with van der Waals surface area (Å²) in [5.41, 5.74) is 1.96. The van der Waals surface area contributed by atoms with Crippen molar-refractivity contribution in [2.45, 2.75) is 31.7 Å². The van der Waals surface area contributed by atoms with Crippen LogP contribution in [0.2, 0.25) is 0 Å². The second kappa shape index (κ2) is 4.93. The molecule has 3 rings (SSSR count). The van der Waals surface area contributed by atoms with Crippen LogP contribution in [-0.2, 0) is 11.2 Å². The number of likely N-dealkylation sites (tertiary alicyclic amines) is 1. The fourth-order valence-corrected chi connectivity index (χ4v) is 3.53. The Labute approximate surface area is 112 Å². The molecule has 1 aliphatic carbocycles. The number of aliphatic carboxylic acids is 1. The van der Waals surface area contributed by atoms with E-state index in [2.05, 4.69) is 4.90 Å². The highest BCUT2D eigenvalue weighted by Crippen LogP contribution is 2.39. The highest BCUT2D eigenvalue weighted by Gasteiger charge is 2.34. The van der Waals surface area contributed by atoms with Gasteiger partial charge < -0.3 is 5.11 Å². The van der Waals surface area contributed by atoms with E-state index < -0.39 is 5.97 Å². The van der Waals surface area contributed by atoms with Gasteiger partial charge in [0.1, 0.15) is 5.82 Å². The summed E-state index contributed by atoms with van der Waals surface area (Å²) in [6, 6.07) is 5.60. The largest absolute Gasteiger partial charge is 0.481 e. The molecule has 4 heteroatoms. The van der Waals surface area contributed by atoms with E-state index in [1.165, 1.54) is 6.07 Å². The smallest absolute Gasteiger partial charge is 0.303 e. The number of fused-ring (bicyclic) bond motifs is 1. The molecule has 0 amide bonds. The maximum absolute atomic E-state index is 13.7. The molecule has 2 atom stereocenters. The normalized spacial score (nSPS) is 26.6. The summed E-state index contributed by atoms with van der Waals surface area (Å²) < 4.78 is 13.7. The van der Waals surface area contributed by atoms with E-state index >= 15 is 0 Å². The van der Waals surface area contributed by atoms with Crippen LogP contribution in [0.4, 0.5) is 4.39 Å². The van der Waals surface area contributed by atoms with Gasteiger partial charge in [-0.05, 0) is 48.9 Å². The average molecular weight is 263 g/mol. The second-order valence-corrected chi connectivity index (χ2v) is 5.61. The third kappa shape index (κ3) is 2.37. The lowest BCUT2D eigenvalue weighted by Crippen LogP contribution is -2.25. The summed E-state index contributed by atoms with van der Waals surface area (Å²) in [4.78, 5) is 13.1. The van der Waals surface area contributed by atoms with Crippen molar-refractivity contribution in [2.24, 2.45) is 5.92 Å². The van der Waals surface area contributed by atoms with Crippen LogP contribution in [0.15, 0.2) is 18.2 Å². The number of carbonyl (C=O) groups is 1. The van der Waals surface area contributed by atoms with Gasteiger partial charge in [-0.2, -0.15) is 0 Å². The Kier molecular flexibility index (Phi) is 3.27. The summed E-state index contributed by atoms with van der Waals surface area (Å²) in [7, 11) is 0. The van der Waals surface area contributed by atoms with Gasteiger partial charge in [0.25, 0.3) is 0 Å². The highest BCUT2D eigenvalue weighted by atomic mass is 19.1. The predicted molar refractivity (Wildman–Crippen MR) is 69.4 cm³/mol. The predicted octanol–water partition coefficient (Wildman–Crippen LogP) is 2.61. The van der Waals surface area contributed by atoms with Crippen LogP contribution in [0.3, 0.4) is 0 Å². The van der Waals surface area contributed by atoms with Crippen LogP contribution >= 0.6 is 0 Å². The molecule has 1 aromatic rings. The Hall–Kier alpha value is -1.42. The number of halogens is 1. The first kappa shape index (κ1) is 12.6. The highest BCUT2D eigenvalue weighted by molar-refractivity contribution is 5.67. The van der Waals surface area contributed by atoms with Crippen molar-refractivity contribution in [1.29, 1.82) is 0 Å². The fourth-order valence-electron chi connectivity index (χ4n) is 3.53. The molecule has 1 N–H and O–H groups in total. The molecule has 0 spiro atoms. The van der Waals surface area contributed by atoms with Gasteiger partial charge in [-0.15, -0.1) is 0 Å². The van der Waals surface area contributed by atoms with Crippen LogP contribution in [0.25, 0.3) is 0 Å². The number of benzene rings is 1. The van der Waals surface area contributed by atoms with E-state index in [-0.39, 0.29) is 24.2 Å². The van der Waals surface area contributed by atoms with Crippen molar-refractivity contribution in [2.75, 3.05) is 13.1 Å². The standard InChI is InChI=1S/C15H18FNO2/c16-13-3-1-2-12-11(13)4-5-14(12)17-7-6-10(9-17)8-15(18)19/h1-3,10,14H,4-9H2,(H,18,19). The third-order valence-corrected chi connectivity index (χ3v) is 4.40. The van der Waals surface area contributed by atoms with E-state index in [1.54, 1.807) is 6.07 Å². The van der Waals surface area contributed by atoms with Crippen molar-refractivity contribution in [3.05, 3.63) is 35.1 Å². The lowest BCUT2D eigenvalue weighted by molar-refractivity contribution is -0.138. The van der Waals surface area contributed by atoms with Crippen molar-refractivity contribution < 1.29 is 14.3 Å². The summed E-state index contributed by atoms with van der Waals surface area (Å²) in [5.74, 6) is -0.568. The fraction of sp³-hybridized carbons (Fsp3) is 0.533. The van der Waals surface area contributed by atoms with Gasteiger partial charge in [-0.3, -0.25) is 9.69 Å². The molecule has 0 bridgehead atoms. The Bertz CT molecular complexity index is 503. The van der Waals surface area contributed by atoms with Crippen LogP contribution in [0.5, 0.6) is 0 Å². The minimum atomic E-state index is -0.718. The zero-order valence-corrected chi connectivity index (χ0v) is 10.8. The van der Waals surface area contributed by atoms with Gasteiger partial charge in [-0.25, -0.2) is 4.39 Å². The molecule has 0 aromatic heterocycles. The molecule has 2 unspecified atom stereocenters. The van der Waals surface area contributed by atoms with E-state index in [9.17, 15) is 9.18 Å². The van der Waals surface area contributed by atoms with E-state index in [0.717, 1.165) is 43.5 Å². The SMILES string of the molecule is O=C(O)CC1CCN(C2CCc3c(F)cccc32)C1. The summed E-state index contributed by atoms with van der Waals surface area (Å²) in [6.07, 6.45) is 2.94. The molecule has 1 aliphatic heterocycles. The lowest BCUT2D eigenvalue weighted by atomic mass is 10.0. The number of carboxylic acids is 1. The molecule has 0 saturated carbocycles. The van der Waals surface area contributed by atoms with Crippen molar-refractivity contribution in [3.8, 4) is 0 Å². The van der Waals surface area contributed by atoms with Crippen molar-refractivity contribution in [3.63, 3.8) is 0 Å². The molecule has 0 radical (unpaired) electrons. The number of hydrogen-bond donors (Lipinski definition) is 1. The number of nitrogens with zero attached hydrogens (tertiary/aromatic N) is 1. The first-order valence-corrected chi connectivity index (χ1v) is 6.88. The molecule has 1 saturated heterocycles. The molecule has 2 aliphatic rings. The van der Waals surface area contributed by atoms with E-state index in [0.29, 0.717) is 0 Å². The Morgan fingerprint density at radius 2 is 2.26 bits per heavy atom. The van der Waals surface area contributed by atoms with Crippen LogP contribution in [-0.4, -0.2) is 29.1 Å². The minimum Gasteiger partial charge on any atom is -0.481 e. The first-order chi connectivity index (χ1) is 9.15. The number of hydrogen-bond acceptors (Lipinski definition) is 2. The maximum atomic E-state index is 13.7. The molecule has 102 valence electrons. The third-order valence-electron chi connectivity index (χ3n) is 4.40. The van der Waals surface area contributed by atoms with Gasteiger partial charge >= 0.3 is 5.97 Å².